The fourth-order valence-electron chi connectivity index (χ4n) is 3.11. The summed E-state index contributed by atoms with van der Waals surface area (Å²) in [7, 11) is 2.12. The molecule has 0 radical (unpaired) electrons. The molecule has 0 amide bonds. The summed E-state index contributed by atoms with van der Waals surface area (Å²) >= 11 is 0. The van der Waals surface area contributed by atoms with Crippen LogP contribution in [0.4, 0.5) is 5.82 Å². The summed E-state index contributed by atoms with van der Waals surface area (Å²) in [6.45, 7) is 3.91. The molecular formula is C21H25N3O. The highest BCUT2D eigenvalue weighted by atomic mass is 16.3. The average Bonchev–Trinajstić information content (AvgIpc) is 2.61. The Labute approximate surface area is 149 Å². The van der Waals surface area contributed by atoms with E-state index in [1.807, 2.05) is 36.4 Å². The molecule has 3 rings (SSSR count). The SMILES string of the molecule is CC(CN(C)Cc1ccccc1)Nc1nc2ccccc2cc1CO. The third-order valence-corrected chi connectivity index (χ3v) is 4.24. The van der Waals surface area contributed by atoms with Gasteiger partial charge >= 0.3 is 0 Å². The topological polar surface area (TPSA) is 48.4 Å². The van der Waals surface area contributed by atoms with Gasteiger partial charge in [0.25, 0.3) is 0 Å². The number of hydrogen-bond donors (Lipinski definition) is 2. The van der Waals surface area contributed by atoms with Gasteiger partial charge in [-0.1, -0.05) is 48.5 Å². The van der Waals surface area contributed by atoms with Crippen molar-refractivity contribution in [3.8, 4) is 0 Å². The highest BCUT2D eigenvalue weighted by Gasteiger charge is 2.11. The first-order chi connectivity index (χ1) is 12.2. The molecule has 3 aromatic rings. The Balaban J connectivity index is 1.67. The molecule has 1 aromatic heterocycles. The molecule has 0 saturated heterocycles. The number of anilines is 1. The van der Waals surface area contributed by atoms with E-state index in [1.54, 1.807) is 0 Å². The molecule has 0 fully saturated rings. The summed E-state index contributed by atoms with van der Waals surface area (Å²) in [4.78, 5) is 6.97. The monoisotopic (exact) mass is 335 g/mol. The molecule has 1 unspecified atom stereocenters. The molecule has 4 nitrogen and oxygen atoms in total. The van der Waals surface area contributed by atoms with Crippen LogP contribution in [0.5, 0.6) is 0 Å². The molecule has 1 heterocycles. The van der Waals surface area contributed by atoms with Crippen LogP contribution in [0.25, 0.3) is 10.9 Å². The molecule has 130 valence electrons. The van der Waals surface area contributed by atoms with E-state index >= 15 is 0 Å². The van der Waals surface area contributed by atoms with Gasteiger partial charge in [-0.05, 0) is 31.7 Å². The minimum absolute atomic E-state index is 0.0211. The molecule has 0 bridgehead atoms. The van der Waals surface area contributed by atoms with Gasteiger partial charge in [0, 0.05) is 30.1 Å². The zero-order valence-corrected chi connectivity index (χ0v) is 14.8. The number of benzene rings is 2. The molecule has 0 aliphatic rings. The van der Waals surface area contributed by atoms with E-state index in [2.05, 4.69) is 53.4 Å². The number of para-hydroxylation sites is 1. The highest BCUT2D eigenvalue weighted by Crippen LogP contribution is 2.21. The molecule has 2 N–H and O–H groups in total. The zero-order valence-electron chi connectivity index (χ0n) is 14.8. The lowest BCUT2D eigenvalue weighted by atomic mass is 10.1. The zero-order chi connectivity index (χ0) is 17.6. The Bertz CT molecular complexity index is 820. The van der Waals surface area contributed by atoms with Crippen molar-refractivity contribution in [2.24, 2.45) is 0 Å². The van der Waals surface area contributed by atoms with Crippen molar-refractivity contribution < 1.29 is 5.11 Å². The number of pyridine rings is 1. The van der Waals surface area contributed by atoms with Gasteiger partial charge in [0.2, 0.25) is 0 Å². The number of aromatic nitrogens is 1. The summed E-state index contributed by atoms with van der Waals surface area (Å²) < 4.78 is 0. The Morgan fingerprint density at radius 2 is 1.80 bits per heavy atom. The number of hydrogen-bond acceptors (Lipinski definition) is 4. The quantitative estimate of drug-likeness (QED) is 0.692. The van der Waals surface area contributed by atoms with Crippen molar-refractivity contribution in [3.63, 3.8) is 0 Å². The number of rotatable bonds is 7. The van der Waals surface area contributed by atoms with Crippen LogP contribution in [0, 0.1) is 0 Å². The minimum atomic E-state index is -0.0211. The Hall–Kier alpha value is -2.43. The predicted octanol–water partition coefficient (Wildman–Crippen LogP) is 3.66. The van der Waals surface area contributed by atoms with Crippen LogP contribution in [0.3, 0.4) is 0 Å². The molecule has 0 spiro atoms. The van der Waals surface area contributed by atoms with E-state index in [0.717, 1.165) is 35.4 Å². The molecule has 0 saturated carbocycles. The maximum atomic E-state index is 9.68. The molecule has 2 aromatic carbocycles. The second-order valence-corrected chi connectivity index (χ2v) is 6.57. The van der Waals surface area contributed by atoms with Gasteiger partial charge in [-0.3, -0.25) is 0 Å². The number of aliphatic hydroxyl groups is 1. The van der Waals surface area contributed by atoms with E-state index in [9.17, 15) is 5.11 Å². The van der Waals surface area contributed by atoms with Gasteiger partial charge < -0.3 is 15.3 Å². The summed E-state index contributed by atoms with van der Waals surface area (Å²) in [5.41, 5.74) is 3.07. The summed E-state index contributed by atoms with van der Waals surface area (Å²) in [5.74, 6) is 0.766. The molecule has 1 atom stereocenters. The van der Waals surface area contributed by atoms with E-state index in [4.69, 9.17) is 0 Å². The van der Waals surface area contributed by atoms with Gasteiger partial charge in [0.1, 0.15) is 5.82 Å². The average molecular weight is 335 g/mol. The number of fused-ring (bicyclic) bond motifs is 1. The molecule has 4 heteroatoms. The lowest BCUT2D eigenvalue weighted by Gasteiger charge is -2.23. The summed E-state index contributed by atoms with van der Waals surface area (Å²) in [5, 5.41) is 14.2. The first-order valence-electron chi connectivity index (χ1n) is 8.64. The molecule has 0 aliphatic carbocycles. The van der Waals surface area contributed by atoms with Crippen LogP contribution in [0.1, 0.15) is 18.1 Å². The Kier molecular flexibility index (Phi) is 5.64. The smallest absolute Gasteiger partial charge is 0.132 e. The minimum Gasteiger partial charge on any atom is -0.392 e. The first-order valence-corrected chi connectivity index (χ1v) is 8.64. The van der Waals surface area contributed by atoms with Crippen LogP contribution in [0.15, 0.2) is 60.7 Å². The van der Waals surface area contributed by atoms with Gasteiger partial charge in [-0.2, -0.15) is 0 Å². The largest absolute Gasteiger partial charge is 0.392 e. The van der Waals surface area contributed by atoms with E-state index in [0.29, 0.717) is 0 Å². The second-order valence-electron chi connectivity index (χ2n) is 6.57. The number of nitrogens with one attached hydrogen (secondary N) is 1. The normalized spacial score (nSPS) is 12.5. The van der Waals surface area contributed by atoms with E-state index in [-0.39, 0.29) is 12.6 Å². The number of likely N-dealkylation sites (N-methyl/N-ethyl adjacent to an activating group) is 1. The number of aliphatic hydroxyl groups excluding tert-OH is 1. The van der Waals surface area contributed by atoms with Crippen molar-refractivity contribution in [3.05, 3.63) is 71.8 Å². The van der Waals surface area contributed by atoms with Gasteiger partial charge in [-0.15, -0.1) is 0 Å². The van der Waals surface area contributed by atoms with Crippen molar-refractivity contribution in [2.45, 2.75) is 26.1 Å². The lowest BCUT2D eigenvalue weighted by Crippen LogP contribution is -2.32. The van der Waals surface area contributed by atoms with Crippen molar-refractivity contribution in [1.29, 1.82) is 0 Å². The first kappa shape index (κ1) is 17.4. The predicted molar refractivity (Wildman–Crippen MR) is 104 cm³/mol. The molecular weight excluding hydrogens is 310 g/mol. The maximum absolute atomic E-state index is 9.68. The fourth-order valence-corrected chi connectivity index (χ4v) is 3.11. The molecule has 0 aliphatic heterocycles. The lowest BCUT2D eigenvalue weighted by molar-refractivity contribution is 0.282. The van der Waals surface area contributed by atoms with Gasteiger partial charge in [-0.25, -0.2) is 4.98 Å². The van der Waals surface area contributed by atoms with Crippen LogP contribution in [-0.4, -0.2) is 34.6 Å². The van der Waals surface area contributed by atoms with Crippen molar-refractivity contribution >= 4 is 16.7 Å². The number of nitrogens with zero attached hydrogens (tertiary/aromatic N) is 2. The fraction of sp³-hybridized carbons (Fsp3) is 0.286. The van der Waals surface area contributed by atoms with Crippen LogP contribution in [-0.2, 0) is 13.2 Å². The van der Waals surface area contributed by atoms with Gasteiger partial charge in [0.05, 0.1) is 12.1 Å². The standard InChI is InChI=1S/C21H25N3O/c1-16(13-24(2)14-17-8-4-3-5-9-17)22-21-19(15-25)12-18-10-6-7-11-20(18)23-21/h3-12,16,25H,13-15H2,1-2H3,(H,22,23). The third-order valence-electron chi connectivity index (χ3n) is 4.24. The molecule has 25 heavy (non-hydrogen) atoms. The van der Waals surface area contributed by atoms with E-state index in [1.165, 1.54) is 5.56 Å². The Morgan fingerprint density at radius 1 is 1.08 bits per heavy atom. The summed E-state index contributed by atoms with van der Waals surface area (Å²) in [6, 6.07) is 20.7. The van der Waals surface area contributed by atoms with Crippen molar-refractivity contribution in [1.82, 2.24) is 9.88 Å². The highest BCUT2D eigenvalue weighted by molar-refractivity contribution is 5.81. The summed E-state index contributed by atoms with van der Waals surface area (Å²) in [6.07, 6.45) is 0. The van der Waals surface area contributed by atoms with Crippen molar-refractivity contribution in [2.75, 3.05) is 18.9 Å². The van der Waals surface area contributed by atoms with Crippen LogP contribution < -0.4 is 5.32 Å². The van der Waals surface area contributed by atoms with Crippen LogP contribution in [0.2, 0.25) is 0 Å². The van der Waals surface area contributed by atoms with E-state index < -0.39 is 0 Å². The maximum Gasteiger partial charge on any atom is 0.132 e. The Morgan fingerprint density at radius 3 is 2.56 bits per heavy atom. The van der Waals surface area contributed by atoms with Crippen LogP contribution >= 0.6 is 0 Å². The van der Waals surface area contributed by atoms with Gasteiger partial charge in [0.15, 0.2) is 0 Å². The second kappa shape index (κ2) is 8.10. The third kappa shape index (κ3) is 4.56.